The highest BCUT2D eigenvalue weighted by Crippen LogP contribution is 2.42. The summed E-state index contributed by atoms with van der Waals surface area (Å²) in [4.78, 5) is 10.3. The third-order valence-corrected chi connectivity index (χ3v) is 3.33. The van der Waals surface area contributed by atoms with Crippen molar-refractivity contribution < 1.29 is 9.90 Å². The molecule has 0 aromatic rings. The molecule has 1 rings (SSSR count). The second-order valence-electron chi connectivity index (χ2n) is 4.84. The van der Waals surface area contributed by atoms with Gasteiger partial charge in [-0.1, -0.05) is 46.0 Å². The van der Waals surface area contributed by atoms with E-state index < -0.39 is 5.97 Å². The van der Waals surface area contributed by atoms with Crippen LogP contribution in [0.4, 0.5) is 0 Å². The van der Waals surface area contributed by atoms with Crippen LogP contribution in [0, 0.1) is 5.41 Å². The Hall–Kier alpha value is -0.570. The van der Waals surface area contributed by atoms with Crippen molar-refractivity contribution in [3.8, 4) is 0 Å². The lowest BCUT2D eigenvalue weighted by atomic mass is 9.67. The fourth-order valence-corrected chi connectivity index (χ4v) is 1.95. The van der Waals surface area contributed by atoms with Crippen molar-refractivity contribution in [2.75, 3.05) is 6.54 Å². The molecule has 96 valence electrons. The lowest BCUT2D eigenvalue weighted by Crippen LogP contribution is -2.39. The van der Waals surface area contributed by atoms with Gasteiger partial charge in [-0.05, 0) is 24.8 Å². The average molecular weight is 229 g/mol. The Labute approximate surface area is 99.4 Å². The Morgan fingerprint density at radius 2 is 1.75 bits per heavy atom. The molecular weight excluding hydrogens is 202 g/mol. The second-order valence-corrected chi connectivity index (χ2v) is 4.84. The molecule has 1 aliphatic rings. The summed E-state index contributed by atoms with van der Waals surface area (Å²) in [5, 5.41) is 8.49. The molecular formula is C13H27NO2. The zero-order chi connectivity index (χ0) is 12.4. The minimum Gasteiger partial charge on any atom is -0.481 e. The first-order valence-electron chi connectivity index (χ1n) is 6.52. The number of carbonyl (C=O) groups is 1. The maximum atomic E-state index is 10.3. The van der Waals surface area contributed by atoms with Gasteiger partial charge in [-0.25, -0.2) is 0 Å². The number of aliphatic carboxylic acids is 1. The largest absolute Gasteiger partial charge is 0.481 e. The molecule has 3 nitrogen and oxygen atoms in total. The van der Waals surface area contributed by atoms with Gasteiger partial charge in [-0.3, -0.25) is 4.79 Å². The first kappa shape index (κ1) is 15.4. The van der Waals surface area contributed by atoms with Gasteiger partial charge in [0, 0.05) is 0 Å². The Bertz CT molecular complexity index is 179. The van der Waals surface area contributed by atoms with E-state index in [0.29, 0.717) is 6.54 Å². The van der Waals surface area contributed by atoms with Crippen LogP contribution in [-0.2, 0) is 4.79 Å². The van der Waals surface area contributed by atoms with Crippen molar-refractivity contribution in [3.63, 3.8) is 0 Å². The minimum atomic E-state index is -0.717. The smallest absolute Gasteiger partial charge is 0.303 e. The third-order valence-electron chi connectivity index (χ3n) is 3.33. The molecule has 0 bridgehead atoms. The van der Waals surface area contributed by atoms with Gasteiger partial charge in [0.2, 0.25) is 0 Å². The Balaban J connectivity index is 0.000000325. The van der Waals surface area contributed by atoms with Crippen molar-refractivity contribution in [2.24, 2.45) is 11.1 Å². The predicted octanol–water partition coefficient (Wildman–Crippen LogP) is 3.18. The molecule has 0 amide bonds. The molecule has 0 heterocycles. The summed E-state index contributed by atoms with van der Waals surface area (Å²) in [5.74, 6) is -0.717. The van der Waals surface area contributed by atoms with E-state index in [9.17, 15) is 4.79 Å². The summed E-state index contributed by atoms with van der Waals surface area (Å²) >= 11 is 0. The molecule has 0 aromatic carbocycles. The second kappa shape index (κ2) is 8.57. The van der Waals surface area contributed by atoms with Crippen LogP contribution in [-0.4, -0.2) is 17.6 Å². The van der Waals surface area contributed by atoms with Crippen LogP contribution in [0.3, 0.4) is 0 Å². The van der Waals surface area contributed by atoms with Crippen LogP contribution < -0.4 is 5.73 Å². The van der Waals surface area contributed by atoms with Gasteiger partial charge < -0.3 is 10.8 Å². The number of rotatable bonds is 6. The maximum absolute atomic E-state index is 10.3. The van der Waals surface area contributed by atoms with Crippen molar-refractivity contribution in [2.45, 2.75) is 65.2 Å². The first-order chi connectivity index (χ1) is 7.60. The molecule has 0 unspecified atom stereocenters. The summed E-state index contributed by atoms with van der Waals surface area (Å²) in [7, 11) is 0. The van der Waals surface area contributed by atoms with Crippen LogP contribution in [0.5, 0.6) is 0 Å². The van der Waals surface area contributed by atoms with E-state index in [2.05, 4.69) is 13.8 Å². The number of nitrogens with two attached hydrogens (primary N) is 1. The molecule has 0 aliphatic heterocycles. The molecule has 0 aromatic heterocycles. The molecule has 0 saturated heterocycles. The number of hydrogen-bond acceptors (Lipinski definition) is 2. The lowest BCUT2D eigenvalue weighted by Gasteiger charge is -2.39. The average Bonchev–Trinajstić information content (AvgIpc) is 2.21. The van der Waals surface area contributed by atoms with Crippen molar-refractivity contribution in [1.29, 1.82) is 0 Å². The van der Waals surface area contributed by atoms with Crippen molar-refractivity contribution in [3.05, 3.63) is 0 Å². The summed E-state index contributed by atoms with van der Waals surface area (Å²) in [6.45, 7) is 4.99. The van der Waals surface area contributed by atoms with E-state index >= 15 is 0 Å². The van der Waals surface area contributed by atoms with E-state index in [1.165, 1.54) is 25.7 Å². The summed E-state index contributed by atoms with van der Waals surface area (Å²) in [6.07, 6.45) is 8.92. The molecule has 16 heavy (non-hydrogen) atoms. The van der Waals surface area contributed by atoms with Gasteiger partial charge in [0.05, 0.1) is 6.42 Å². The monoisotopic (exact) mass is 229 g/mol. The fourth-order valence-electron chi connectivity index (χ4n) is 1.95. The van der Waals surface area contributed by atoms with Crippen LogP contribution in [0.1, 0.15) is 65.2 Å². The maximum Gasteiger partial charge on any atom is 0.303 e. The van der Waals surface area contributed by atoms with Crippen LogP contribution in [0.25, 0.3) is 0 Å². The minimum absolute atomic E-state index is 0.0359. The topological polar surface area (TPSA) is 63.3 Å². The molecule has 0 radical (unpaired) electrons. The van der Waals surface area contributed by atoms with Gasteiger partial charge in [-0.15, -0.1) is 0 Å². The molecule has 0 atom stereocenters. The van der Waals surface area contributed by atoms with Gasteiger partial charge >= 0.3 is 5.97 Å². The zero-order valence-corrected chi connectivity index (χ0v) is 10.8. The molecule has 1 fully saturated rings. The van der Waals surface area contributed by atoms with Crippen LogP contribution in [0.2, 0.25) is 0 Å². The van der Waals surface area contributed by atoms with E-state index in [-0.39, 0.29) is 11.8 Å². The van der Waals surface area contributed by atoms with Crippen LogP contribution >= 0.6 is 0 Å². The van der Waals surface area contributed by atoms with Gasteiger partial charge in [0.1, 0.15) is 0 Å². The number of carboxylic acids is 1. The summed E-state index contributed by atoms with van der Waals surface area (Å²) in [5.41, 5.74) is 5.42. The highest BCUT2D eigenvalue weighted by atomic mass is 16.4. The molecule has 1 saturated carbocycles. The quantitative estimate of drug-likeness (QED) is 0.688. The number of hydrogen-bond donors (Lipinski definition) is 2. The van der Waals surface area contributed by atoms with Crippen molar-refractivity contribution in [1.82, 2.24) is 0 Å². The normalized spacial score (nSPS) is 16.9. The Kier molecular flexibility index (Phi) is 8.26. The first-order valence-corrected chi connectivity index (χ1v) is 6.52. The number of unbranched alkanes of at least 4 members (excludes halogenated alkanes) is 3. The molecule has 3 N–H and O–H groups in total. The van der Waals surface area contributed by atoms with E-state index in [4.69, 9.17) is 10.8 Å². The zero-order valence-electron chi connectivity index (χ0n) is 10.8. The standard InChI is InChI=1S/C7H13NO2.C6H14/c8-5-7(2-1-3-7)4-6(9)10;1-3-5-6-4-2/h1-5,8H2,(H,9,10);3-6H2,1-2H3. The third kappa shape index (κ3) is 6.11. The lowest BCUT2D eigenvalue weighted by molar-refractivity contribution is -0.141. The van der Waals surface area contributed by atoms with Crippen LogP contribution in [0.15, 0.2) is 0 Å². The van der Waals surface area contributed by atoms with Gasteiger partial charge in [0.25, 0.3) is 0 Å². The van der Waals surface area contributed by atoms with E-state index in [0.717, 1.165) is 19.3 Å². The van der Waals surface area contributed by atoms with E-state index in [1.807, 2.05) is 0 Å². The number of carboxylic acid groups (broad SMARTS) is 1. The Morgan fingerprint density at radius 1 is 1.25 bits per heavy atom. The Morgan fingerprint density at radius 3 is 1.88 bits per heavy atom. The summed E-state index contributed by atoms with van der Waals surface area (Å²) < 4.78 is 0. The molecule has 3 heteroatoms. The van der Waals surface area contributed by atoms with Crippen molar-refractivity contribution >= 4 is 5.97 Å². The molecule has 1 aliphatic carbocycles. The predicted molar refractivity (Wildman–Crippen MR) is 67.4 cm³/mol. The molecule has 0 spiro atoms. The SMILES string of the molecule is CCCCCC.NCC1(CC(=O)O)CCC1. The fraction of sp³-hybridized carbons (Fsp3) is 0.923. The van der Waals surface area contributed by atoms with Gasteiger partial charge in [0.15, 0.2) is 0 Å². The van der Waals surface area contributed by atoms with Gasteiger partial charge in [-0.2, -0.15) is 0 Å². The summed E-state index contributed by atoms with van der Waals surface area (Å²) in [6, 6.07) is 0. The highest BCUT2D eigenvalue weighted by molar-refractivity contribution is 5.67. The van der Waals surface area contributed by atoms with E-state index in [1.54, 1.807) is 0 Å². The highest BCUT2D eigenvalue weighted by Gasteiger charge is 2.37.